The summed E-state index contributed by atoms with van der Waals surface area (Å²) in [6, 6.07) is 0. The monoisotopic (exact) mass is 262 g/mol. The summed E-state index contributed by atoms with van der Waals surface area (Å²) in [5.74, 6) is 3.87. The number of hydrogen-bond donors (Lipinski definition) is 1. The van der Waals surface area contributed by atoms with Gasteiger partial charge < -0.3 is 10.2 Å². The van der Waals surface area contributed by atoms with Gasteiger partial charge in [-0.05, 0) is 32.6 Å². The maximum Gasteiger partial charge on any atom is 0.137 e. The minimum Gasteiger partial charge on any atom is -0.373 e. The van der Waals surface area contributed by atoms with E-state index in [-0.39, 0.29) is 0 Å². The zero-order valence-electron chi connectivity index (χ0n) is 12.7. The van der Waals surface area contributed by atoms with Crippen molar-refractivity contribution in [3.63, 3.8) is 0 Å². The fourth-order valence-electron chi connectivity index (χ4n) is 2.61. The van der Waals surface area contributed by atoms with E-state index in [1.807, 2.05) is 7.05 Å². The van der Waals surface area contributed by atoms with Gasteiger partial charge in [0.2, 0.25) is 0 Å². The van der Waals surface area contributed by atoms with E-state index in [4.69, 9.17) is 4.98 Å². The van der Waals surface area contributed by atoms with Crippen LogP contribution >= 0.6 is 0 Å². The molecule has 0 aromatic carbocycles. The number of nitrogens with zero attached hydrogens (tertiary/aromatic N) is 3. The van der Waals surface area contributed by atoms with Crippen molar-refractivity contribution in [1.82, 2.24) is 9.97 Å². The molecule has 2 rings (SSSR count). The highest BCUT2D eigenvalue weighted by molar-refractivity contribution is 5.58. The highest BCUT2D eigenvalue weighted by atomic mass is 15.2. The molecule has 0 saturated heterocycles. The van der Waals surface area contributed by atoms with E-state index in [2.05, 4.69) is 36.0 Å². The van der Waals surface area contributed by atoms with Crippen molar-refractivity contribution in [2.45, 2.75) is 46.5 Å². The minimum absolute atomic E-state index is 0.859. The lowest BCUT2D eigenvalue weighted by atomic mass is 9.85. The van der Waals surface area contributed by atoms with Crippen molar-refractivity contribution >= 4 is 11.6 Å². The van der Waals surface area contributed by atoms with Crippen LogP contribution in [0.3, 0.4) is 0 Å². The molecule has 19 heavy (non-hydrogen) atoms. The first-order valence-electron chi connectivity index (χ1n) is 7.49. The Kier molecular flexibility index (Phi) is 4.61. The van der Waals surface area contributed by atoms with Crippen LogP contribution in [0.5, 0.6) is 0 Å². The third kappa shape index (κ3) is 2.99. The van der Waals surface area contributed by atoms with Gasteiger partial charge in [0.1, 0.15) is 17.5 Å². The molecular weight excluding hydrogens is 236 g/mol. The third-order valence-electron chi connectivity index (χ3n) is 4.10. The van der Waals surface area contributed by atoms with Crippen LogP contribution in [0.4, 0.5) is 11.6 Å². The Bertz CT molecular complexity index is 426. The molecule has 4 heteroatoms. The molecule has 0 spiro atoms. The van der Waals surface area contributed by atoms with Crippen LogP contribution in [0.1, 0.15) is 44.5 Å². The Hall–Kier alpha value is -1.32. The van der Waals surface area contributed by atoms with Gasteiger partial charge in [-0.3, -0.25) is 0 Å². The Morgan fingerprint density at radius 1 is 1.26 bits per heavy atom. The fourth-order valence-corrected chi connectivity index (χ4v) is 2.61. The number of rotatable bonds is 6. The van der Waals surface area contributed by atoms with Crippen LogP contribution < -0.4 is 10.2 Å². The van der Waals surface area contributed by atoms with Crippen LogP contribution in [0.25, 0.3) is 0 Å². The lowest BCUT2D eigenvalue weighted by Crippen LogP contribution is -2.34. The minimum atomic E-state index is 0.859. The lowest BCUT2D eigenvalue weighted by Gasteiger charge is -2.33. The van der Waals surface area contributed by atoms with Crippen molar-refractivity contribution < 1.29 is 0 Å². The predicted molar refractivity (Wildman–Crippen MR) is 80.9 cm³/mol. The maximum absolute atomic E-state index is 4.76. The molecule has 0 unspecified atom stereocenters. The summed E-state index contributed by atoms with van der Waals surface area (Å²) in [4.78, 5) is 11.7. The van der Waals surface area contributed by atoms with Gasteiger partial charge in [-0.25, -0.2) is 9.97 Å². The Balaban J connectivity index is 2.28. The number of anilines is 2. The topological polar surface area (TPSA) is 41.1 Å². The summed E-state index contributed by atoms with van der Waals surface area (Å²) in [5, 5.41) is 3.19. The highest BCUT2D eigenvalue weighted by Crippen LogP contribution is 2.30. The average molecular weight is 262 g/mol. The van der Waals surface area contributed by atoms with Gasteiger partial charge >= 0.3 is 0 Å². The molecule has 0 atom stereocenters. The molecule has 0 aliphatic heterocycles. The summed E-state index contributed by atoms with van der Waals surface area (Å²) >= 11 is 0. The summed E-state index contributed by atoms with van der Waals surface area (Å²) in [6.07, 6.45) is 5.02. The van der Waals surface area contributed by atoms with Gasteiger partial charge in [0.25, 0.3) is 0 Å². The van der Waals surface area contributed by atoms with E-state index in [0.717, 1.165) is 42.9 Å². The van der Waals surface area contributed by atoms with Gasteiger partial charge in [0.05, 0.1) is 0 Å². The summed E-state index contributed by atoms with van der Waals surface area (Å²) in [5.41, 5.74) is 1.17. The van der Waals surface area contributed by atoms with E-state index in [1.54, 1.807) is 0 Å². The quantitative estimate of drug-likeness (QED) is 0.855. The second-order valence-electron chi connectivity index (χ2n) is 5.38. The highest BCUT2D eigenvalue weighted by Gasteiger charge is 2.22. The van der Waals surface area contributed by atoms with E-state index in [0.29, 0.717) is 0 Å². The van der Waals surface area contributed by atoms with E-state index >= 15 is 0 Å². The molecule has 1 aliphatic rings. The second kappa shape index (κ2) is 6.22. The Morgan fingerprint density at radius 2 is 2.00 bits per heavy atom. The number of nitrogens with one attached hydrogen (secondary N) is 1. The third-order valence-corrected chi connectivity index (χ3v) is 4.10. The maximum atomic E-state index is 4.76. The summed E-state index contributed by atoms with van der Waals surface area (Å²) < 4.78 is 0. The predicted octanol–water partition coefficient (Wildman–Crippen LogP) is 3.02. The van der Waals surface area contributed by atoms with Crippen LogP contribution in [-0.4, -0.2) is 30.1 Å². The van der Waals surface area contributed by atoms with Gasteiger partial charge in [0.15, 0.2) is 0 Å². The van der Waals surface area contributed by atoms with Crippen molar-refractivity contribution in [1.29, 1.82) is 0 Å². The molecule has 0 amide bonds. The largest absolute Gasteiger partial charge is 0.373 e. The molecule has 1 aromatic heterocycles. The van der Waals surface area contributed by atoms with Crippen molar-refractivity contribution in [3.8, 4) is 0 Å². The normalized spacial score (nSPS) is 15.2. The summed E-state index contributed by atoms with van der Waals surface area (Å²) in [7, 11) is 1.93. The zero-order chi connectivity index (χ0) is 13.8. The smallest absolute Gasteiger partial charge is 0.137 e. The SMILES string of the molecule is CCc1nc(NC)c(C)c(N(CC)CC2CCC2)n1. The molecule has 4 nitrogen and oxygen atoms in total. The Morgan fingerprint density at radius 3 is 2.47 bits per heavy atom. The number of aryl methyl sites for hydroxylation is 1. The number of aromatic nitrogens is 2. The van der Waals surface area contributed by atoms with Gasteiger partial charge in [-0.15, -0.1) is 0 Å². The molecule has 0 radical (unpaired) electrons. The van der Waals surface area contributed by atoms with Crippen molar-refractivity contribution in [2.24, 2.45) is 5.92 Å². The average Bonchev–Trinajstić information content (AvgIpc) is 2.39. The second-order valence-corrected chi connectivity index (χ2v) is 5.38. The molecule has 1 fully saturated rings. The van der Waals surface area contributed by atoms with E-state index in [1.165, 1.54) is 24.8 Å². The van der Waals surface area contributed by atoms with Crippen LogP contribution in [0.15, 0.2) is 0 Å². The number of hydrogen-bond acceptors (Lipinski definition) is 4. The Labute approximate surface area is 116 Å². The molecule has 1 aromatic rings. The molecule has 1 aliphatic carbocycles. The molecule has 0 bridgehead atoms. The van der Waals surface area contributed by atoms with Crippen LogP contribution in [0, 0.1) is 12.8 Å². The van der Waals surface area contributed by atoms with Gasteiger partial charge in [0, 0.05) is 32.1 Å². The molecule has 1 heterocycles. The first kappa shape index (κ1) is 14.1. The van der Waals surface area contributed by atoms with Crippen molar-refractivity contribution in [3.05, 3.63) is 11.4 Å². The zero-order valence-corrected chi connectivity index (χ0v) is 12.7. The lowest BCUT2D eigenvalue weighted by molar-refractivity contribution is 0.318. The molecular formula is C15H26N4. The van der Waals surface area contributed by atoms with Gasteiger partial charge in [-0.2, -0.15) is 0 Å². The van der Waals surface area contributed by atoms with E-state index in [9.17, 15) is 0 Å². The van der Waals surface area contributed by atoms with Crippen LogP contribution in [-0.2, 0) is 6.42 Å². The molecule has 1 N–H and O–H groups in total. The fraction of sp³-hybridized carbons (Fsp3) is 0.733. The first-order chi connectivity index (χ1) is 9.19. The van der Waals surface area contributed by atoms with E-state index < -0.39 is 0 Å². The van der Waals surface area contributed by atoms with Crippen molar-refractivity contribution in [2.75, 3.05) is 30.4 Å². The summed E-state index contributed by atoms with van der Waals surface area (Å²) in [6.45, 7) is 8.59. The standard InChI is InChI=1S/C15H26N4/c1-5-13-17-14(16-4)11(3)15(18-13)19(6-2)10-12-8-7-9-12/h12H,5-10H2,1-4H3,(H,16,17,18). The molecule has 1 saturated carbocycles. The van der Waals surface area contributed by atoms with Gasteiger partial charge in [-0.1, -0.05) is 13.3 Å². The first-order valence-corrected chi connectivity index (χ1v) is 7.49. The van der Waals surface area contributed by atoms with Crippen LogP contribution in [0.2, 0.25) is 0 Å². The molecule has 106 valence electrons.